The summed E-state index contributed by atoms with van der Waals surface area (Å²) in [6, 6.07) is 12.1. The van der Waals surface area contributed by atoms with E-state index in [0.29, 0.717) is 12.1 Å². The van der Waals surface area contributed by atoms with Crippen LogP contribution in [0.1, 0.15) is 35.2 Å². The normalized spacial score (nSPS) is 14.5. The van der Waals surface area contributed by atoms with Crippen molar-refractivity contribution in [2.24, 2.45) is 0 Å². The second-order valence-electron chi connectivity index (χ2n) is 6.03. The van der Waals surface area contributed by atoms with Gasteiger partial charge in [-0.05, 0) is 61.2 Å². The number of anilines is 1. The molecule has 0 radical (unpaired) electrons. The van der Waals surface area contributed by atoms with E-state index in [0.717, 1.165) is 37.2 Å². The number of amides is 1. The molecule has 0 aliphatic carbocycles. The fourth-order valence-electron chi connectivity index (χ4n) is 2.86. The summed E-state index contributed by atoms with van der Waals surface area (Å²) in [7, 11) is 0. The van der Waals surface area contributed by atoms with Crippen molar-refractivity contribution in [2.75, 3.05) is 18.4 Å². The topological polar surface area (TPSA) is 32.3 Å². The number of likely N-dealkylation sites (tertiary alicyclic amines) is 1. The van der Waals surface area contributed by atoms with Crippen LogP contribution in [0.25, 0.3) is 0 Å². The summed E-state index contributed by atoms with van der Waals surface area (Å²) in [5, 5.41) is 3.37. The van der Waals surface area contributed by atoms with Crippen LogP contribution in [-0.4, -0.2) is 23.9 Å². The molecule has 1 aliphatic rings. The van der Waals surface area contributed by atoms with E-state index in [1.165, 1.54) is 12.5 Å². The fourth-order valence-corrected chi connectivity index (χ4v) is 3.07. The summed E-state index contributed by atoms with van der Waals surface area (Å²) < 4.78 is 13.1. The number of nitrogens with zero attached hydrogens (tertiary/aromatic N) is 1. The zero-order valence-corrected chi connectivity index (χ0v) is 14.2. The first-order chi connectivity index (χ1) is 11.6. The second-order valence-corrected chi connectivity index (χ2v) is 6.44. The Hall–Kier alpha value is -2.07. The molecule has 2 aromatic carbocycles. The zero-order chi connectivity index (χ0) is 16.9. The van der Waals surface area contributed by atoms with Crippen LogP contribution in [0.4, 0.5) is 10.1 Å². The Bertz CT molecular complexity index is 712. The molecule has 0 bridgehead atoms. The molecule has 3 nitrogen and oxygen atoms in total. The van der Waals surface area contributed by atoms with Crippen LogP contribution in [0.3, 0.4) is 0 Å². The molecule has 1 heterocycles. The number of piperidine rings is 1. The minimum atomic E-state index is -0.416. The van der Waals surface area contributed by atoms with Crippen molar-refractivity contribution in [1.82, 2.24) is 4.90 Å². The molecule has 1 amide bonds. The molecule has 1 aliphatic heterocycles. The highest BCUT2D eigenvalue weighted by atomic mass is 35.5. The molecule has 5 heteroatoms. The lowest BCUT2D eigenvalue weighted by Crippen LogP contribution is -2.35. The average molecular weight is 347 g/mol. The monoisotopic (exact) mass is 346 g/mol. The molecule has 1 N–H and O–H groups in total. The van der Waals surface area contributed by atoms with Gasteiger partial charge in [0.1, 0.15) is 5.82 Å². The Morgan fingerprint density at radius 3 is 2.46 bits per heavy atom. The SMILES string of the molecule is O=C(c1ccc(NCc2ccc(F)c(Cl)c2)cc1)N1CCCCC1. The van der Waals surface area contributed by atoms with E-state index in [9.17, 15) is 9.18 Å². The molecule has 2 aromatic rings. The highest BCUT2D eigenvalue weighted by Gasteiger charge is 2.17. The van der Waals surface area contributed by atoms with Gasteiger partial charge in [0.2, 0.25) is 0 Å². The van der Waals surface area contributed by atoms with Crippen LogP contribution >= 0.6 is 11.6 Å². The first kappa shape index (κ1) is 16.8. The van der Waals surface area contributed by atoms with Gasteiger partial charge in [0.05, 0.1) is 5.02 Å². The smallest absolute Gasteiger partial charge is 0.253 e. The van der Waals surface area contributed by atoms with Crippen molar-refractivity contribution in [3.63, 3.8) is 0 Å². The van der Waals surface area contributed by atoms with Crippen LogP contribution in [0.15, 0.2) is 42.5 Å². The van der Waals surface area contributed by atoms with Crippen LogP contribution < -0.4 is 5.32 Å². The summed E-state index contributed by atoms with van der Waals surface area (Å²) in [5.74, 6) is -0.312. The van der Waals surface area contributed by atoms with Gasteiger partial charge in [-0.2, -0.15) is 0 Å². The fraction of sp³-hybridized carbons (Fsp3) is 0.316. The van der Waals surface area contributed by atoms with E-state index >= 15 is 0 Å². The second kappa shape index (κ2) is 7.67. The van der Waals surface area contributed by atoms with E-state index in [1.54, 1.807) is 12.1 Å². The third-order valence-electron chi connectivity index (χ3n) is 4.26. The highest BCUT2D eigenvalue weighted by Crippen LogP contribution is 2.18. The van der Waals surface area contributed by atoms with Crippen LogP contribution in [0.2, 0.25) is 5.02 Å². The number of carbonyl (C=O) groups excluding carboxylic acids is 1. The lowest BCUT2D eigenvalue weighted by Gasteiger charge is -2.26. The minimum absolute atomic E-state index is 0.103. The third kappa shape index (κ3) is 4.06. The number of halogens is 2. The molecule has 0 unspecified atom stereocenters. The third-order valence-corrected chi connectivity index (χ3v) is 4.55. The van der Waals surface area contributed by atoms with Gasteiger partial charge in [-0.3, -0.25) is 4.79 Å². The summed E-state index contributed by atoms with van der Waals surface area (Å²) >= 11 is 5.78. The van der Waals surface area contributed by atoms with Crippen molar-refractivity contribution in [3.05, 3.63) is 64.4 Å². The molecular formula is C19H20ClFN2O. The van der Waals surface area contributed by atoms with Crippen molar-refractivity contribution in [2.45, 2.75) is 25.8 Å². The van der Waals surface area contributed by atoms with Crippen molar-refractivity contribution >= 4 is 23.2 Å². The van der Waals surface area contributed by atoms with Crippen LogP contribution in [0, 0.1) is 5.82 Å². The Morgan fingerprint density at radius 2 is 1.79 bits per heavy atom. The number of hydrogen-bond donors (Lipinski definition) is 1. The average Bonchev–Trinajstić information content (AvgIpc) is 2.63. The van der Waals surface area contributed by atoms with Gasteiger partial charge in [-0.15, -0.1) is 0 Å². The van der Waals surface area contributed by atoms with Gasteiger partial charge in [0.25, 0.3) is 5.91 Å². The molecule has 1 fully saturated rings. The molecule has 1 saturated heterocycles. The standard InChI is InChI=1S/C19H20ClFN2O/c20-17-12-14(4-9-18(17)21)13-22-16-7-5-15(6-8-16)19(24)23-10-2-1-3-11-23/h4-9,12,22H,1-3,10-11,13H2. The lowest BCUT2D eigenvalue weighted by atomic mass is 10.1. The maximum atomic E-state index is 13.1. The molecule has 126 valence electrons. The zero-order valence-electron chi connectivity index (χ0n) is 13.4. The first-order valence-electron chi connectivity index (χ1n) is 8.20. The number of carbonyl (C=O) groups is 1. The van der Waals surface area contributed by atoms with E-state index in [-0.39, 0.29) is 10.9 Å². The first-order valence-corrected chi connectivity index (χ1v) is 8.58. The maximum absolute atomic E-state index is 13.1. The van der Waals surface area contributed by atoms with Gasteiger partial charge in [0.15, 0.2) is 0 Å². The summed E-state index contributed by atoms with van der Waals surface area (Å²) in [4.78, 5) is 14.3. The molecule has 0 saturated carbocycles. The molecule has 3 rings (SSSR count). The van der Waals surface area contributed by atoms with Gasteiger partial charge in [-0.25, -0.2) is 4.39 Å². The minimum Gasteiger partial charge on any atom is -0.381 e. The Morgan fingerprint density at radius 1 is 1.08 bits per heavy atom. The Kier molecular flexibility index (Phi) is 5.36. The molecule has 24 heavy (non-hydrogen) atoms. The molecule has 0 atom stereocenters. The summed E-state index contributed by atoms with van der Waals surface area (Å²) in [6.45, 7) is 2.24. The molecule has 0 spiro atoms. The van der Waals surface area contributed by atoms with E-state index in [1.807, 2.05) is 29.2 Å². The van der Waals surface area contributed by atoms with E-state index < -0.39 is 5.82 Å². The lowest BCUT2D eigenvalue weighted by molar-refractivity contribution is 0.0724. The molecular weight excluding hydrogens is 327 g/mol. The summed E-state index contributed by atoms with van der Waals surface area (Å²) in [6.07, 6.45) is 3.39. The Balaban J connectivity index is 1.59. The van der Waals surface area contributed by atoms with E-state index in [2.05, 4.69) is 5.32 Å². The number of benzene rings is 2. The Labute approximate surface area is 146 Å². The van der Waals surface area contributed by atoms with Gasteiger partial charge >= 0.3 is 0 Å². The quantitative estimate of drug-likeness (QED) is 0.869. The van der Waals surface area contributed by atoms with Crippen LogP contribution in [-0.2, 0) is 6.54 Å². The predicted octanol–water partition coefficient (Wildman–Crippen LogP) is 4.72. The van der Waals surface area contributed by atoms with Gasteiger partial charge in [0, 0.05) is 30.9 Å². The van der Waals surface area contributed by atoms with Crippen molar-refractivity contribution in [3.8, 4) is 0 Å². The van der Waals surface area contributed by atoms with Crippen molar-refractivity contribution < 1.29 is 9.18 Å². The maximum Gasteiger partial charge on any atom is 0.253 e. The van der Waals surface area contributed by atoms with Gasteiger partial charge in [-0.1, -0.05) is 17.7 Å². The summed E-state index contributed by atoms with van der Waals surface area (Å²) in [5.41, 5.74) is 2.52. The number of nitrogens with one attached hydrogen (secondary N) is 1. The molecule has 0 aromatic heterocycles. The predicted molar refractivity (Wildman–Crippen MR) is 94.9 cm³/mol. The van der Waals surface area contributed by atoms with Gasteiger partial charge < -0.3 is 10.2 Å². The number of hydrogen-bond acceptors (Lipinski definition) is 2. The largest absolute Gasteiger partial charge is 0.381 e. The van der Waals surface area contributed by atoms with Crippen molar-refractivity contribution in [1.29, 1.82) is 0 Å². The highest BCUT2D eigenvalue weighted by molar-refractivity contribution is 6.30. The number of rotatable bonds is 4. The van der Waals surface area contributed by atoms with E-state index in [4.69, 9.17) is 11.6 Å². The van der Waals surface area contributed by atoms with Crippen LogP contribution in [0.5, 0.6) is 0 Å².